The highest BCUT2D eigenvalue weighted by Gasteiger charge is 2.35. The third-order valence-corrected chi connectivity index (χ3v) is 8.73. The average Bonchev–Trinajstić information content (AvgIpc) is 2.81. The van der Waals surface area contributed by atoms with E-state index in [0.29, 0.717) is 44.0 Å². The molecule has 10 heteroatoms. The van der Waals surface area contributed by atoms with Crippen LogP contribution in [0.1, 0.15) is 39.0 Å². The van der Waals surface area contributed by atoms with Crippen LogP contribution in [0.15, 0.2) is 29.2 Å². The monoisotopic (exact) mass is 499 g/mol. The first kappa shape index (κ1) is 26.0. The van der Waals surface area contributed by atoms with E-state index in [1.54, 1.807) is 4.90 Å². The minimum atomic E-state index is -4.19. The maximum absolute atomic E-state index is 14.1. The van der Waals surface area contributed by atoms with Crippen molar-refractivity contribution in [3.05, 3.63) is 30.1 Å². The Morgan fingerprint density at radius 1 is 1.09 bits per heavy atom. The summed E-state index contributed by atoms with van der Waals surface area (Å²) < 4.78 is 42.1. The molecule has 7 nitrogen and oxygen atoms in total. The highest BCUT2D eigenvalue weighted by atomic mass is 32.2. The van der Waals surface area contributed by atoms with Crippen LogP contribution in [0, 0.1) is 17.7 Å². The Balaban J connectivity index is 1.62. The summed E-state index contributed by atoms with van der Waals surface area (Å²) in [5.41, 5.74) is 0. The fourth-order valence-corrected chi connectivity index (χ4v) is 6.21. The van der Waals surface area contributed by atoms with Crippen LogP contribution >= 0.6 is 11.8 Å². The number of benzene rings is 1. The summed E-state index contributed by atoms with van der Waals surface area (Å²) in [5.74, 6) is 0.142. The molecule has 0 bridgehead atoms. The summed E-state index contributed by atoms with van der Waals surface area (Å²) in [6.07, 6.45) is 5.40. The molecule has 33 heavy (non-hydrogen) atoms. The number of hydrogen-bond acceptors (Lipinski definition) is 5. The number of amides is 2. The van der Waals surface area contributed by atoms with Gasteiger partial charge in [-0.1, -0.05) is 19.1 Å². The van der Waals surface area contributed by atoms with Crippen molar-refractivity contribution < 1.29 is 22.4 Å². The van der Waals surface area contributed by atoms with Gasteiger partial charge in [-0.05, 0) is 62.2 Å². The first-order chi connectivity index (χ1) is 15.7. The molecule has 2 saturated heterocycles. The van der Waals surface area contributed by atoms with Gasteiger partial charge in [0.05, 0.1) is 0 Å². The van der Waals surface area contributed by atoms with Gasteiger partial charge in [-0.15, -0.1) is 0 Å². The van der Waals surface area contributed by atoms with Crippen LogP contribution in [-0.4, -0.2) is 74.3 Å². The Bertz CT molecular complexity index is 927. The number of carbonyl (C=O) groups is 2. The summed E-state index contributed by atoms with van der Waals surface area (Å²) in [5, 5.41) is 0. The SMILES string of the molecule is CSCCC(NS(=O)(=O)c1ccccc1F)C(=O)N1CCC(C(=O)N2CCC(C)CC2)CC1. The Labute approximate surface area is 200 Å². The predicted molar refractivity (Wildman–Crippen MR) is 128 cm³/mol. The van der Waals surface area contributed by atoms with Gasteiger partial charge in [0.2, 0.25) is 21.8 Å². The Kier molecular flexibility index (Phi) is 9.17. The van der Waals surface area contributed by atoms with Gasteiger partial charge in [-0.3, -0.25) is 9.59 Å². The van der Waals surface area contributed by atoms with Crippen LogP contribution in [0.4, 0.5) is 4.39 Å². The van der Waals surface area contributed by atoms with Gasteiger partial charge >= 0.3 is 0 Å². The molecular formula is C23H34FN3O4S2. The van der Waals surface area contributed by atoms with Crippen molar-refractivity contribution in [1.82, 2.24) is 14.5 Å². The molecular weight excluding hydrogens is 465 g/mol. The van der Waals surface area contributed by atoms with Gasteiger partial charge in [0.25, 0.3) is 0 Å². The van der Waals surface area contributed by atoms with E-state index in [0.717, 1.165) is 32.0 Å². The van der Waals surface area contributed by atoms with E-state index in [-0.39, 0.29) is 17.7 Å². The number of hydrogen-bond donors (Lipinski definition) is 1. The lowest BCUT2D eigenvalue weighted by atomic mass is 9.92. The average molecular weight is 500 g/mol. The highest BCUT2D eigenvalue weighted by Crippen LogP contribution is 2.24. The molecule has 0 radical (unpaired) electrons. The quantitative estimate of drug-likeness (QED) is 0.594. The molecule has 2 fully saturated rings. The normalized spacial score (nSPS) is 19.5. The number of halogens is 1. The molecule has 184 valence electrons. The van der Waals surface area contributed by atoms with Crippen molar-refractivity contribution in [2.75, 3.05) is 38.2 Å². The molecule has 2 heterocycles. The summed E-state index contributed by atoms with van der Waals surface area (Å²) in [7, 11) is -4.19. The second kappa shape index (κ2) is 11.7. The van der Waals surface area contributed by atoms with Crippen LogP contribution in [-0.2, 0) is 19.6 Å². The van der Waals surface area contributed by atoms with Crippen LogP contribution in [0.3, 0.4) is 0 Å². The van der Waals surface area contributed by atoms with Crippen LogP contribution in [0.5, 0.6) is 0 Å². The molecule has 3 rings (SSSR count). The minimum Gasteiger partial charge on any atom is -0.342 e. The van der Waals surface area contributed by atoms with E-state index < -0.39 is 26.8 Å². The van der Waals surface area contributed by atoms with Gasteiger partial charge in [0.15, 0.2) is 0 Å². The number of likely N-dealkylation sites (tertiary alicyclic amines) is 2. The first-order valence-corrected chi connectivity index (χ1v) is 14.4. The summed E-state index contributed by atoms with van der Waals surface area (Å²) >= 11 is 1.51. The number of carbonyl (C=O) groups excluding carboxylic acids is 2. The maximum Gasteiger partial charge on any atom is 0.244 e. The van der Waals surface area contributed by atoms with Crippen molar-refractivity contribution in [2.24, 2.45) is 11.8 Å². The van der Waals surface area contributed by atoms with E-state index in [2.05, 4.69) is 11.6 Å². The van der Waals surface area contributed by atoms with E-state index >= 15 is 0 Å². The Morgan fingerprint density at radius 3 is 2.30 bits per heavy atom. The van der Waals surface area contributed by atoms with Crippen molar-refractivity contribution in [1.29, 1.82) is 0 Å². The van der Waals surface area contributed by atoms with Crippen molar-refractivity contribution in [3.8, 4) is 0 Å². The second-order valence-electron chi connectivity index (χ2n) is 8.99. The zero-order valence-corrected chi connectivity index (χ0v) is 21.0. The molecule has 1 aromatic rings. The lowest BCUT2D eigenvalue weighted by molar-refractivity contribution is -0.142. The van der Waals surface area contributed by atoms with Gasteiger partial charge in [0, 0.05) is 32.1 Å². The zero-order valence-electron chi connectivity index (χ0n) is 19.3. The van der Waals surface area contributed by atoms with Gasteiger partial charge in [0.1, 0.15) is 16.8 Å². The summed E-state index contributed by atoms with van der Waals surface area (Å²) in [6.45, 7) is 4.63. The second-order valence-corrected chi connectivity index (χ2v) is 11.7. The standard InChI is InChI=1S/C23H34FN3O4S2/c1-17-7-12-26(13-8-17)22(28)18-9-14-27(15-10-18)23(29)20(11-16-32-2)25-33(30,31)21-6-4-3-5-19(21)24/h3-6,17-18,20,25H,7-16H2,1-2H3. The minimum absolute atomic E-state index is 0.0952. The fraction of sp³-hybridized carbons (Fsp3) is 0.652. The zero-order chi connectivity index (χ0) is 24.0. The molecule has 1 N–H and O–H groups in total. The molecule has 1 unspecified atom stereocenters. The van der Waals surface area contributed by atoms with Crippen molar-refractivity contribution in [2.45, 2.75) is 50.0 Å². The summed E-state index contributed by atoms with van der Waals surface area (Å²) in [6, 6.07) is 4.16. The van der Waals surface area contributed by atoms with Gasteiger partial charge in [-0.2, -0.15) is 16.5 Å². The third-order valence-electron chi connectivity index (χ3n) is 6.58. The van der Waals surface area contributed by atoms with Gasteiger partial charge < -0.3 is 9.80 Å². The number of nitrogens with one attached hydrogen (secondary N) is 1. The molecule has 0 aromatic heterocycles. The molecule has 1 atom stereocenters. The number of nitrogens with zero attached hydrogens (tertiary/aromatic N) is 2. The molecule has 1 aromatic carbocycles. The van der Waals surface area contributed by atoms with Crippen molar-refractivity contribution in [3.63, 3.8) is 0 Å². The molecule has 2 aliphatic rings. The van der Waals surface area contributed by atoms with Crippen LogP contribution < -0.4 is 4.72 Å². The smallest absolute Gasteiger partial charge is 0.244 e. The number of sulfonamides is 1. The highest BCUT2D eigenvalue weighted by molar-refractivity contribution is 7.98. The number of rotatable bonds is 8. The summed E-state index contributed by atoms with van der Waals surface area (Å²) in [4.78, 5) is 29.2. The molecule has 2 amide bonds. The lowest BCUT2D eigenvalue weighted by Gasteiger charge is -2.37. The Hall–Kier alpha value is -1.65. The number of piperidine rings is 2. The fourth-order valence-electron chi connectivity index (χ4n) is 4.44. The van der Waals surface area contributed by atoms with E-state index in [9.17, 15) is 22.4 Å². The largest absolute Gasteiger partial charge is 0.342 e. The molecule has 0 saturated carbocycles. The lowest BCUT2D eigenvalue weighted by Crippen LogP contribution is -2.52. The van der Waals surface area contributed by atoms with Crippen LogP contribution in [0.2, 0.25) is 0 Å². The molecule has 0 aliphatic carbocycles. The maximum atomic E-state index is 14.1. The van der Waals surface area contributed by atoms with Crippen molar-refractivity contribution >= 4 is 33.6 Å². The van der Waals surface area contributed by atoms with E-state index in [1.807, 2.05) is 11.2 Å². The topological polar surface area (TPSA) is 86.8 Å². The number of thioether (sulfide) groups is 1. The van der Waals surface area contributed by atoms with E-state index in [1.165, 1.54) is 30.0 Å². The van der Waals surface area contributed by atoms with Gasteiger partial charge in [-0.25, -0.2) is 12.8 Å². The van der Waals surface area contributed by atoms with Crippen LogP contribution in [0.25, 0.3) is 0 Å². The molecule has 2 aliphatic heterocycles. The predicted octanol–water partition coefficient (Wildman–Crippen LogP) is 2.72. The third kappa shape index (κ3) is 6.70. The Morgan fingerprint density at radius 2 is 1.70 bits per heavy atom. The van der Waals surface area contributed by atoms with E-state index in [4.69, 9.17) is 0 Å². The first-order valence-electron chi connectivity index (χ1n) is 11.6. The molecule has 0 spiro atoms.